The highest BCUT2D eigenvalue weighted by Crippen LogP contribution is 2.42. The molecule has 1 atom stereocenters. The minimum atomic E-state index is 0.245. The Morgan fingerprint density at radius 2 is 2.19 bits per heavy atom. The molecule has 2 aromatic rings. The third kappa shape index (κ3) is 3.06. The fraction of sp³-hybridized carbons (Fsp3) is 0.562. The van der Waals surface area contributed by atoms with Crippen LogP contribution in [0.25, 0.3) is 0 Å². The van der Waals surface area contributed by atoms with E-state index in [1.807, 2.05) is 25.5 Å². The summed E-state index contributed by atoms with van der Waals surface area (Å²) in [5, 5.41) is 3.64. The Hall–Kier alpha value is -1.91. The number of hydrogen-bond acceptors (Lipinski definition) is 4. The lowest BCUT2D eigenvalue weighted by Gasteiger charge is -2.20. The summed E-state index contributed by atoms with van der Waals surface area (Å²) in [5.74, 6) is 3.54. The first-order chi connectivity index (χ1) is 10.2. The SMILES string of the molecule is CCCc1cnc(C)nc1N[C@@H](c1nccn1C)C1CC1. The molecule has 21 heavy (non-hydrogen) atoms. The van der Waals surface area contributed by atoms with Crippen molar-refractivity contribution in [2.24, 2.45) is 13.0 Å². The monoisotopic (exact) mass is 285 g/mol. The lowest BCUT2D eigenvalue weighted by atomic mass is 10.1. The van der Waals surface area contributed by atoms with E-state index in [-0.39, 0.29) is 6.04 Å². The second-order valence-electron chi connectivity index (χ2n) is 5.90. The maximum absolute atomic E-state index is 4.62. The van der Waals surface area contributed by atoms with Crippen molar-refractivity contribution in [2.75, 3.05) is 5.32 Å². The Morgan fingerprint density at radius 3 is 2.81 bits per heavy atom. The minimum absolute atomic E-state index is 0.245. The molecule has 0 amide bonds. The number of anilines is 1. The summed E-state index contributed by atoms with van der Waals surface area (Å²) in [7, 11) is 2.05. The van der Waals surface area contributed by atoms with Gasteiger partial charge in [0.15, 0.2) is 0 Å². The van der Waals surface area contributed by atoms with Crippen molar-refractivity contribution >= 4 is 5.82 Å². The standard InChI is InChI=1S/C16H23N5/c1-4-5-13-10-18-11(2)19-15(13)20-14(12-6-7-12)16-17-8-9-21(16)3/h8-10,12,14H,4-7H2,1-3H3,(H,18,19,20)/t14-/m1/s1. The number of imidazole rings is 1. The first-order valence-electron chi connectivity index (χ1n) is 7.75. The van der Waals surface area contributed by atoms with Crippen molar-refractivity contribution in [2.45, 2.75) is 45.6 Å². The molecule has 0 radical (unpaired) electrons. The Kier molecular flexibility index (Phi) is 3.90. The van der Waals surface area contributed by atoms with Gasteiger partial charge in [-0.1, -0.05) is 13.3 Å². The maximum atomic E-state index is 4.62. The number of rotatable bonds is 6. The zero-order chi connectivity index (χ0) is 14.8. The number of aryl methyl sites for hydroxylation is 3. The number of hydrogen-bond donors (Lipinski definition) is 1. The second-order valence-corrected chi connectivity index (χ2v) is 5.90. The van der Waals surface area contributed by atoms with Gasteiger partial charge in [-0.15, -0.1) is 0 Å². The number of nitrogens with one attached hydrogen (secondary N) is 1. The van der Waals surface area contributed by atoms with Crippen LogP contribution >= 0.6 is 0 Å². The van der Waals surface area contributed by atoms with Crippen LogP contribution in [0.3, 0.4) is 0 Å². The van der Waals surface area contributed by atoms with Crippen molar-refractivity contribution in [3.8, 4) is 0 Å². The lowest BCUT2D eigenvalue weighted by molar-refractivity contribution is 0.602. The number of nitrogens with zero attached hydrogens (tertiary/aromatic N) is 4. The van der Waals surface area contributed by atoms with E-state index in [1.54, 1.807) is 0 Å². The summed E-state index contributed by atoms with van der Waals surface area (Å²) in [6.45, 7) is 4.12. The highest BCUT2D eigenvalue weighted by atomic mass is 15.1. The van der Waals surface area contributed by atoms with E-state index in [0.717, 1.165) is 30.3 Å². The Bertz CT molecular complexity index is 615. The third-order valence-corrected chi connectivity index (χ3v) is 4.03. The average molecular weight is 285 g/mol. The zero-order valence-corrected chi connectivity index (χ0v) is 13.0. The van der Waals surface area contributed by atoms with E-state index in [2.05, 4.69) is 38.8 Å². The van der Waals surface area contributed by atoms with Crippen LogP contribution in [0.4, 0.5) is 5.82 Å². The highest BCUT2D eigenvalue weighted by molar-refractivity contribution is 5.45. The van der Waals surface area contributed by atoms with E-state index < -0.39 is 0 Å². The van der Waals surface area contributed by atoms with Gasteiger partial charge >= 0.3 is 0 Å². The largest absolute Gasteiger partial charge is 0.359 e. The van der Waals surface area contributed by atoms with Gasteiger partial charge < -0.3 is 9.88 Å². The molecule has 0 saturated heterocycles. The topological polar surface area (TPSA) is 55.6 Å². The minimum Gasteiger partial charge on any atom is -0.359 e. The average Bonchev–Trinajstić information content (AvgIpc) is 3.21. The van der Waals surface area contributed by atoms with E-state index in [1.165, 1.54) is 18.4 Å². The van der Waals surface area contributed by atoms with Gasteiger partial charge in [0.2, 0.25) is 0 Å². The predicted octanol–water partition coefficient (Wildman–Crippen LogP) is 3.03. The van der Waals surface area contributed by atoms with Crippen LogP contribution in [0.1, 0.15) is 49.4 Å². The van der Waals surface area contributed by atoms with E-state index in [0.29, 0.717) is 5.92 Å². The maximum Gasteiger partial charge on any atom is 0.133 e. The molecule has 112 valence electrons. The summed E-state index contributed by atoms with van der Waals surface area (Å²) in [5.41, 5.74) is 1.20. The van der Waals surface area contributed by atoms with Crippen molar-refractivity contribution < 1.29 is 0 Å². The van der Waals surface area contributed by atoms with Gasteiger partial charge in [0.25, 0.3) is 0 Å². The molecule has 3 rings (SSSR count). The van der Waals surface area contributed by atoms with Crippen molar-refractivity contribution in [3.05, 3.63) is 35.8 Å². The van der Waals surface area contributed by atoms with Crippen LogP contribution < -0.4 is 5.32 Å². The smallest absolute Gasteiger partial charge is 0.133 e. The first kappa shape index (κ1) is 14.0. The summed E-state index contributed by atoms with van der Waals surface area (Å²) in [4.78, 5) is 13.5. The van der Waals surface area contributed by atoms with Gasteiger partial charge in [-0.25, -0.2) is 15.0 Å². The molecule has 1 fully saturated rings. The fourth-order valence-electron chi connectivity index (χ4n) is 2.72. The highest BCUT2D eigenvalue weighted by Gasteiger charge is 2.35. The Morgan fingerprint density at radius 1 is 1.38 bits per heavy atom. The van der Waals surface area contributed by atoms with Crippen molar-refractivity contribution in [1.82, 2.24) is 19.5 Å². The van der Waals surface area contributed by atoms with Gasteiger partial charge in [0, 0.05) is 31.2 Å². The Labute approximate surface area is 125 Å². The molecule has 0 aliphatic heterocycles. The van der Waals surface area contributed by atoms with E-state index in [9.17, 15) is 0 Å². The van der Waals surface area contributed by atoms with Crippen LogP contribution in [0.2, 0.25) is 0 Å². The molecule has 1 N–H and O–H groups in total. The molecular weight excluding hydrogens is 262 g/mol. The molecule has 1 aliphatic carbocycles. The molecule has 0 spiro atoms. The van der Waals surface area contributed by atoms with Gasteiger partial charge in [-0.2, -0.15) is 0 Å². The summed E-state index contributed by atoms with van der Waals surface area (Å²) < 4.78 is 2.10. The summed E-state index contributed by atoms with van der Waals surface area (Å²) in [6.07, 6.45) is 10.4. The molecule has 0 aromatic carbocycles. The molecule has 0 unspecified atom stereocenters. The molecule has 2 heterocycles. The summed E-state index contributed by atoms with van der Waals surface area (Å²) in [6, 6.07) is 0.245. The van der Waals surface area contributed by atoms with Gasteiger partial charge in [0.1, 0.15) is 17.5 Å². The first-order valence-corrected chi connectivity index (χ1v) is 7.75. The fourth-order valence-corrected chi connectivity index (χ4v) is 2.72. The van der Waals surface area contributed by atoms with Crippen LogP contribution in [-0.4, -0.2) is 19.5 Å². The zero-order valence-electron chi connectivity index (χ0n) is 13.0. The predicted molar refractivity (Wildman–Crippen MR) is 83.1 cm³/mol. The molecule has 5 heteroatoms. The molecule has 0 bridgehead atoms. The molecule has 5 nitrogen and oxygen atoms in total. The van der Waals surface area contributed by atoms with E-state index in [4.69, 9.17) is 0 Å². The molecule has 2 aromatic heterocycles. The molecule has 1 aliphatic rings. The van der Waals surface area contributed by atoms with E-state index >= 15 is 0 Å². The van der Waals surface area contributed by atoms with Crippen LogP contribution in [0, 0.1) is 12.8 Å². The van der Waals surface area contributed by atoms with Crippen LogP contribution in [0.5, 0.6) is 0 Å². The third-order valence-electron chi connectivity index (χ3n) is 4.03. The van der Waals surface area contributed by atoms with Crippen molar-refractivity contribution in [3.63, 3.8) is 0 Å². The second kappa shape index (κ2) is 5.84. The van der Waals surface area contributed by atoms with Crippen LogP contribution in [-0.2, 0) is 13.5 Å². The Balaban J connectivity index is 1.89. The molecule has 1 saturated carbocycles. The van der Waals surface area contributed by atoms with Crippen molar-refractivity contribution in [1.29, 1.82) is 0 Å². The van der Waals surface area contributed by atoms with Gasteiger partial charge in [0.05, 0.1) is 6.04 Å². The number of aromatic nitrogens is 4. The lowest BCUT2D eigenvalue weighted by Crippen LogP contribution is -2.19. The van der Waals surface area contributed by atoms with Crippen LogP contribution in [0.15, 0.2) is 18.6 Å². The van der Waals surface area contributed by atoms with Gasteiger partial charge in [-0.3, -0.25) is 0 Å². The van der Waals surface area contributed by atoms with Gasteiger partial charge in [-0.05, 0) is 32.1 Å². The summed E-state index contributed by atoms with van der Waals surface area (Å²) >= 11 is 0. The molecular formula is C16H23N5. The quantitative estimate of drug-likeness (QED) is 0.886. The normalized spacial score (nSPS) is 16.0.